The first-order chi connectivity index (χ1) is 9.40. The molecule has 7 heteroatoms. The Hall–Kier alpha value is -2.28. The number of benzene rings is 1. The second-order valence-corrected chi connectivity index (χ2v) is 4.55. The van der Waals surface area contributed by atoms with Crippen LogP contribution in [0, 0.1) is 11.6 Å². The van der Waals surface area contributed by atoms with Gasteiger partial charge in [0.1, 0.15) is 22.9 Å². The van der Waals surface area contributed by atoms with Crippen LogP contribution in [0.5, 0.6) is 0 Å². The Morgan fingerprint density at radius 1 is 1.45 bits per heavy atom. The second kappa shape index (κ2) is 5.38. The summed E-state index contributed by atoms with van der Waals surface area (Å²) in [7, 11) is 0. The van der Waals surface area contributed by atoms with Crippen LogP contribution in [-0.2, 0) is 5.60 Å². The molecule has 0 radical (unpaired) electrons. The summed E-state index contributed by atoms with van der Waals surface area (Å²) in [5.41, 5.74) is -1.53. The van der Waals surface area contributed by atoms with Crippen LogP contribution in [0.4, 0.5) is 8.78 Å². The maximum absolute atomic E-state index is 13.6. The fourth-order valence-corrected chi connectivity index (χ4v) is 1.75. The third kappa shape index (κ3) is 3.00. The van der Waals surface area contributed by atoms with Crippen LogP contribution in [0.1, 0.15) is 23.0 Å². The molecule has 1 aromatic heterocycles. The highest BCUT2D eigenvalue weighted by Crippen LogP contribution is 2.23. The molecule has 3 N–H and O–H groups in total. The number of carbonyl (C=O) groups is 1. The van der Waals surface area contributed by atoms with Gasteiger partial charge in [0.25, 0.3) is 5.91 Å². The quantitative estimate of drug-likeness (QED) is 0.791. The van der Waals surface area contributed by atoms with Crippen LogP contribution < -0.4 is 5.32 Å². The van der Waals surface area contributed by atoms with E-state index in [1.807, 2.05) is 0 Å². The van der Waals surface area contributed by atoms with Crippen molar-refractivity contribution in [1.82, 2.24) is 15.5 Å². The smallest absolute Gasteiger partial charge is 0.269 e. The number of rotatable bonds is 4. The number of aliphatic hydroxyl groups is 1. The second-order valence-electron chi connectivity index (χ2n) is 4.55. The minimum atomic E-state index is -1.66. The molecule has 0 aliphatic carbocycles. The van der Waals surface area contributed by atoms with E-state index in [4.69, 9.17) is 0 Å². The molecule has 2 aromatic rings. The predicted octanol–water partition coefficient (Wildman–Crippen LogP) is 1.33. The zero-order chi connectivity index (χ0) is 14.8. The summed E-state index contributed by atoms with van der Waals surface area (Å²) in [5.74, 6) is -2.08. The third-order valence-electron chi connectivity index (χ3n) is 2.85. The molecule has 0 saturated carbocycles. The molecule has 2 rings (SSSR count). The lowest BCUT2D eigenvalue weighted by molar-refractivity contribution is 0.0493. The molecule has 0 spiro atoms. The van der Waals surface area contributed by atoms with E-state index in [0.717, 1.165) is 12.1 Å². The summed E-state index contributed by atoms with van der Waals surface area (Å²) >= 11 is 0. The Morgan fingerprint density at radius 2 is 2.20 bits per heavy atom. The van der Waals surface area contributed by atoms with Gasteiger partial charge in [0.2, 0.25) is 0 Å². The van der Waals surface area contributed by atoms with Crippen molar-refractivity contribution in [1.29, 1.82) is 0 Å². The number of hydrogen-bond donors (Lipinski definition) is 3. The number of halogens is 2. The first-order valence-corrected chi connectivity index (χ1v) is 5.85. The van der Waals surface area contributed by atoms with E-state index in [2.05, 4.69) is 15.5 Å². The first-order valence-electron chi connectivity index (χ1n) is 5.85. The van der Waals surface area contributed by atoms with Gasteiger partial charge in [-0.25, -0.2) is 8.78 Å². The Morgan fingerprint density at radius 3 is 2.80 bits per heavy atom. The number of aromatic nitrogens is 2. The maximum Gasteiger partial charge on any atom is 0.269 e. The van der Waals surface area contributed by atoms with Crippen LogP contribution in [-0.4, -0.2) is 27.8 Å². The molecule has 1 atom stereocenters. The van der Waals surface area contributed by atoms with E-state index < -0.39 is 23.1 Å². The van der Waals surface area contributed by atoms with Gasteiger partial charge >= 0.3 is 0 Å². The normalized spacial score (nSPS) is 13.8. The lowest BCUT2D eigenvalue weighted by Gasteiger charge is -2.24. The monoisotopic (exact) mass is 281 g/mol. The van der Waals surface area contributed by atoms with Gasteiger partial charge < -0.3 is 10.4 Å². The third-order valence-corrected chi connectivity index (χ3v) is 2.85. The van der Waals surface area contributed by atoms with E-state index in [1.165, 1.54) is 19.2 Å². The minimum Gasteiger partial charge on any atom is -0.383 e. The van der Waals surface area contributed by atoms with Gasteiger partial charge in [-0.15, -0.1) is 0 Å². The highest BCUT2D eigenvalue weighted by molar-refractivity contribution is 5.92. The lowest BCUT2D eigenvalue weighted by Crippen LogP contribution is -2.39. The summed E-state index contributed by atoms with van der Waals surface area (Å²) in [6, 6.07) is 4.33. The Balaban J connectivity index is 2.09. The number of amides is 1. The molecule has 1 heterocycles. The largest absolute Gasteiger partial charge is 0.383 e. The van der Waals surface area contributed by atoms with Gasteiger partial charge in [-0.1, -0.05) is 6.07 Å². The fourth-order valence-electron chi connectivity index (χ4n) is 1.75. The van der Waals surface area contributed by atoms with E-state index in [9.17, 15) is 18.7 Å². The zero-order valence-electron chi connectivity index (χ0n) is 10.7. The van der Waals surface area contributed by atoms with Gasteiger partial charge in [-0.2, -0.15) is 5.10 Å². The van der Waals surface area contributed by atoms with Crippen molar-refractivity contribution in [2.75, 3.05) is 6.54 Å². The van der Waals surface area contributed by atoms with Gasteiger partial charge in [0.15, 0.2) is 0 Å². The van der Waals surface area contributed by atoms with Crippen molar-refractivity contribution in [3.63, 3.8) is 0 Å². The van der Waals surface area contributed by atoms with Gasteiger partial charge in [0.05, 0.1) is 6.54 Å². The standard InChI is InChI=1S/C13H13F2N3O2/c1-13(20,9-3-2-8(14)6-10(9)15)7-16-12(19)11-4-5-17-18-11/h2-6,20H,7H2,1H3,(H,16,19)(H,17,18). The van der Waals surface area contributed by atoms with E-state index in [0.29, 0.717) is 6.07 Å². The molecular formula is C13H13F2N3O2. The molecule has 5 nitrogen and oxygen atoms in total. The van der Waals surface area contributed by atoms with Crippen molar-refractivity contribution in [2.24, 2.45) is 0 Å². The Kier molecular flexibility index (Phi) is 3.80. The number of aromatic amines is 1. The van der Waals surface area contributed by atoms with Crippen molar-refractivity contribution in [2.45, 2.75) is 12.5 Å². The van der Waals surface area contributed by atoms with Crippen molar-refractivity contribution < 1.29 is 18.7 Å². The Bertz CT molecular complexity index is 612. The van der Waals surface area contributed by atoms with Crippen LogP contribution in [0.15, 0.2) is 30.5 Å². The summed E-state index contributed by atoms with van der Waals surface area (Å²) in [4.78, 5) is 11.7. The van der Waals surface area contributed by atoms with Crippen LogP contribution >= 0.6 is 0 Å². The summed E-state index contributed by atoms with van der Waals surface area (Å²) < 4.78 is 26.4. The topological polar surface area (TPSA) is 78.0 Å². The molecule has 0 aliphatic rings. The number of nitrogens with zero attached hydrogens (tertiary/aromatic N) is 1. The van der Waals surface area contributed by atoms with Gasteiger partial charge in [-0.3, -0.25) is 9.89 Å². The van der Waals surface area contributed by atoms with Crippen LogP contribution in [0.3, 0.4) is 0 Å². The van der Waals surface area contributed by atoms with E-state index in [-0.39, 0.29) is 17.8 Å². The highest BCUT2D eigenvalue weighted by atomic mass is 19.1. The summed E-state index contributed by atoms with van der Waals surface area (Å²) in [6.07, 6.45) is 1.41. The highest BCUT2D eigenvalue weighted by Gasteiger charge is 2.27. The fraction of sp³-hybridized carbons (Fsp3) is 0.231. The molecule has 0 aliphatic heterocycles. The SMILES string of the molecule is CC(O)(CNC(=O)c1ccn[nH]1)c1ccc(F)cc1F. The number of hydrogen-bond acceptors (Lipinski definition) is 3. The molecule has 1 amide bonds. The Labute approximate surface area is 113 Å². The molecule has 20 heavy (non-hydrogen) atoms. The summed E-state index contributed by atoms with van der Waals surface area (Å²) in [6.45, 7) is 1.10. The number of H-pyrrole nitrogens is 1. The van der Waals surface area contributed by atoms with Gasteiger partial charge in [0, 0.05) is 17.8 Å². The minimum absolute atomic E-state index is 0.0937. The lowest BCUT2D eigenvalue weighted by atomic mass is 9.95. The summed E-state index contributed by atoms with van der Waals surface area (Å²) in [5, 5.41) is 18.7. The molecule has 106 valence electrons. The van der Waals surface area contributed by atoms with Crippen molar-refractivity contribution in [3.8, 4) is 0 Å². The molecule has 0 fully saturated rings. The first kappa shape index (κ1) is 14.1. The molecular weight excluding hydrogens is 268 g/mol. The average Bonchev–Trinajstić information content (AvgIpc) is 2.89. The molecule has 0 bridgehead atoms. The van der Waals surface area contributed by atoms with Gasteiger partial charge in [-0.05, 0) is 19.1 Å². The number of nitrogens with one attached hydrogen (secondary N) is 2. The maximum atomic E-state index is 13.6. The average molecular weight is 281 g/mol. The zero-order valence-corrected chi connectivity index (χ0v) is 10.7. The molecule has 1 aromatic carbocycles. The van der Waals surface area contributed by atoms with Crippen molar-refractivity contribution >= 4 is 5.91 Å². The number of carbonyl (C=O) groups excluding carboxylic acids is 1. The molecule has 0 saturated heterocycles. The van der Waals surface area contributed by atoms with Crippen molar-refractivity contribution in [3.05, 3.63) is 53.4 Å². The predicted molar refractivity (Wildman–Crippen MR) is 66.8 cm³/mol. The van der Waals surface area contributed by atoms with E-state index in [1.54, 1.807) is 0 Å². The van der Waals surface area contributed by atoms with Crippen LogP contribution in [0.25, 0.3) is 0 Å². The molecule has 1 unspecified atom stereocenters. The van der Waals surface area contributed by atoms with Crippen LogP contribution in [0.2, 0.25) is 0 Å². The van der Waals surface area contributed by atoms with E-state index >= 15 is 0 Å².